The van der Waals surface area contributed by atoms with Gasteiger partial charge < -0.3 is 0 Å². The summed E-state index contributed by atoms with van der Waals surface area (Å²) in [6.45, 7) is 32.4. The molecular formula is C88H102. The monoisotopic (exact) mass is 1160 g/mol. The number of fused-ring (bicyclic) bond motifs is 3. The van der Waals surface area contributed by atoms with Gasteiger partial charge in [-0.25, -0.2) is 0 Å². The summed E-state index contributed by atoms with van der Waals surface area (Å²) in [5.74, 6) is 0. The molecule has 0 N–H and O–H groups in total. The Morgan fingerprint density at radius 1 is 0.239 bits per heavy atom. The molecule has 0 heterocycles. The number of hydrogen-bond acceptors (Lipinski definition) is 0. The maximum atomic E-state index is 2.34. The molecule has 88 heavy (non-hydrogen) atoms. The highest BCUT2D eigenvalue weighted by Gasteiger charge is 2.13. The van der Waals surface area contributed by atoms with Crippen LogP contribution < -0.4 is 0 Å². The van der Waals surface area contributed by atoms with Gasteiger partial charge in [-0.3, -0.25) is 0 Å². The molecule has 454 valence electrons. The highest BCUT2D eigenvalue weighted by atomic mass is 14.2. The van der Waals surface area contributed by atoms with Crippen molar-refractivity contribution in [2.45, 2.75) is 161 Å². The number of rotatable bonds is 2. The van der Waals surface area contributed by atoms with Crippen molar-refractivity contribution in [3.8, 4) is 22.3 Å². The molecule has 0 saturated carbocycles. The van der Waals surface area contributed by atoms with Gasteiger partial charge in [0.2, 0.25) is 0 Å². The SMILES string of the molecule is Cc1cc(C)c(C)c(C)c1.Cc1ccc(-c2ccccc2)cc1.Cc1ccc(C(C)(C)C)cc1.Cc1ccc(C)cc1.Cc1ccc2c(c1)CCCC2.Cc1ccc2ccccc2c1.Cc1cccc(-c2ccccc2)c1.Cc1cccc2c1CCCC2. The molecule has 11 aromatic rings. The first kappa shape index (κ1) is 68.8. The average molecular weight is 1160 g/mol. The van der Waals surface area contributed by atoms with Crippen molar-refractivity contribution in [2.24, 2.45) is 0 Å². The highest BCUT2D eigenvalue weighted by molar-refractivity contribution is 5.83. The summed E-state index contributed by atoms with van der Waals surface area (Å²) >= 11 is 0. The first-order chi connectivity index (χ1) is 42.2. The van der Waals surface area contributed by atoms with E-state index >= 15 is 0 Å². The van der Waals surface area contributed by atoms with E-state index in [0.717, 1.165) is 0 Å². The lowest BCUT2D eigenvalue weighted by atomic mass is 9.87. The summed E-state index contributed by atoms with van der Waals surface area (Å²) in [7, 11) is 0. The highest BCUT2D eigenvalue weighted by Crippen LogP contribution is 2.26. The third-order valence-corrected chi connectivity index (χ3v) is 16.5. The molecule has 0 fully saturated rings. The lowest BCUT2D eigenvalue weighted by Crippen LogP contribution is -2.10. The fourth-order valence-electron chi connectivity index (χ4n) is 10.9. The second-order valence-corrected chi connectivity index (χ2v) is 25.5. The second kappa shape index (κ2) is 35.5. The van der Waals surface area contributed by atoms with Crippen molar-refractivity contribution in [3.63, 3.8) is 0 Å². The Hall–Kier alpha value is -8.32. The fraction of sp³-hybridized carbons (Fsp3) is 0.273. The minimum Gasteiger partial charge on any atom is -0.0622 e. The van der Waals surface area contributed by atoms with Gasteiger partial charge in [-0.15, -0.1) is 0 Å². The van der Waals surface area contributed by atoms with E-state index in [1.54, 1.807) is 22.3 Å². The van der Waals surface area contributed by atoms with Gasteiger partial charge in [0.1, 0.15) is 0 Å². The van der Waals surface area contributed by atoms with Crippen molar-refractivity contribution in [1.29, 1.82) is 0 Å². The first-order valence-corrected chi connectivity index (χ1v) is 32.2. The molecule has 11 aromatic carbocycles. The zero-order chi connectivity index (χ0) is 63.4. The molecule has 0 nitrogen and oxygen atoms in total. The van der Waals surface area contributed by atoms with Crippen LogP contribution in [0.15, 0.2) is 249 Å². The Bertz CT molecular complexity index is 3750. The number of aryl methyl sites for hydroxylation is 14. The first-order valence-electron chi connectivity index (χ1n) is 32.2. The molecule has 0 aromatic heterocycles. The molecule has 0 atom stereocenters. The van der Waals surface area contributed by atoms with Crippen molar-refractivity contribution < 1.29 is 0 Å². The molecule has 0 bridgehead atoms. The summed E-state index contributed by atoms with van der Waals surface area (Å²) in [4.78, 5) is 0. The average Bonchev–Trinajstić information content (AvgIpc) is 3.66. The van der Waals surface area contributed by atoms with Gasteiger partial charge in [0.15, 0.2) is 0 Å². The van der Waals surface area contributed by atoms with E-state index in [2.05, 4.69) is 340 Å². The van der Waals surface area contributed by atoms with E-state index in [4.69, 9.17) is 0 Å². The van der Waals surface area contributed by atoms with Crippen molar-refractivity contribution in [2.75, 3.05) is 0 Å². The predicted octanol–water partition coefficient (Wildman–Crippen LogP) is 24.7. The quantitative estimate of drug-likeness (QED) is 0.162. The molecule has 0 amide bonds. The Morgan fingerprint density at radius 3 is 1.19 bits per heavy atom. The van der Waals surface area contributed by atoms with Crippen LogP contribution in [-0.4, -0.2) is 0 Å². The Labute approximate surface area is 533 Å². The van der Waals surface area contributed by atoms with E-state index in [1.807, 2.05) is 12.1 Å². The largest absolute Gasteiger partial charge is 0.0622 e. The van der Waals surface area contributed by atoms with E-state index in [9.17, 15) is 0 Å². The van der Waals surface area contributed by atoms with E-state index < -0.39 is 0 Å². The van der Waals surface area contributed by atoms with Gasteiger partial charge in [-0.1, -0.05) is 314 Å². The van der Waals surface area contributed by atoms with Crippen LogP contribution >= 0.6 is 0 Å². The molecule has 0 aliphatic heterocycles. The van der Waals surface area contributed by atoms with Crippen LogP contribution in [-0.2, 0) is 31.1 Å². The molecule has 0 saturated heterocycles. The molecule has 2 aliphatic carbocycles. The second-order valence-electron chi connectivity index (χ2n) is 25.5. The van der Waals surface area contributed by atoms with Crippen LogP contribution in [0.4, 0.5) is 0 Å². The molecule has 0 radical (unpaired) electrons. The van der Waals surface area contributed by atoms with E-state index in [-0.39, 0.29) is 5.41 Å². The van der Waals surface area contributed by atoms with Crippen LogP contribution in [0.1, 0.15) is 141 Å². The van der Waals surface area contributed by atoms with Crippen molar-refractivity contribution in [1.82, 2.24) is 0 Å². The lowest BCUT2D eigenvalue weighted by molar-refractivity contribution is 0.590. The van der Waals surface area contributed by atoms with E-state index in [0.29, 0.717) is 0 Å². The summed E-state index contributed by atoms with van der Waals surface area (Å²) in [5.41, 5.74) is 29.6. The summed E-state index contributed by atoms with van der Waals surface area (Å²) in [6, 6.07) is 88.2. The van der Waals surface area contributed by atoms with Gasteiger partial charge in [-0.2, -0.15) is 0 Å². The lowest BCUT2D eigenvalue weighted by Gasteiger charge is -2.18. The van der Waals surface area contributed by atoms with Crippen LogP contribution in [0.2, 0.25) is 0 Å². The normalized spacial score (nSPS) is 11.7. The third kappa shape index (κ3) is 23.7. The standard InChI is InChI=1S/2C13H12.2C11H14.C11H10.C11H16.C10H14.C8H10/c1-11-6-5-9-13(10-11)12-7-3-2-4-8-12;1-11-7-9-13(10-8-11)12-5-3-2-4-6-12;1-9-5-4-7-10-6-2-3-8-11(9)10;2*1-9-6-7-10-4-2-3-5-11(10)8-9;1-9-5-7-10(8-6-9)11(2,3)4;1-7-5-8(2)10(4)9(3)6-7;1-7-3-5-8(2)6-4-7/h2*2-10H,1H3;4-5,7H,2-3,6,8H2,1H3;6-8H,2-5H2,1H3;2-8H,1H3;5-8H,1-4H3;5-6H,1-4H3;3-6H,1-2H3. The van der Waals surface area contributed by atoms with Gasteiger partial charge in [-0.05, 0) is 223 Å². The Balaban J connectivity index is 0.000000161. The van der Waals surface area contributed by atoms with Crippen molar-refractivity contribution >= 4 is 10.8 Å². The maximum absolute atomic E-state index is 2.34. The molecule has 0 unspecified atom stereocenters. The number of benzene rings is 11. The van der Waals surface area contributed by atoms with Crippen LogP contribution in [0, 0.1) is 83.1 Å². The smallest absolute Gasteiger partial charge is 0.0132 e. The Kier molecular flexibility index (Phi) is 27.7. The minimum absolute atomic E-state index is 0.285. The summed E-state index contributed by atoms with van der Waals surface area (Å²) in [6.07, 6.45) is 10.8. The van der Waals surface area contributed by atoms with E-state index in [1.165, 1.54) is 157 Å². The molecule has 0 heteroatoms. The molecule has 2 aliphatic rings. The van der Waals surface area contributed by atoms with Gasteiger partial charge in [0.05, 0.1) is 0 Å². The maximum Gasteiger partial charge on any atom is -0.0132 e. The van der Waals surface area contributed by atoms with Gasteiger partial charge >= 0.3 is 0 Å². The summed E-state index contributed by atoms with van der Waals surface area (Å²) in [5, 5.41) is 2.64. The van der Waals surface area contributed by atoms with Crippen LogP contribution in [0.25, 0.3) is 33.0 Å². The topological polar surface area (TPSA) is 0 Å². The zero-order valence-electron chi connectivity index (χ0n) is 56.3. The fourth-order valence-corrected chi connectivity index (χ4v) is 10.9. The Morgan fingerprint density at radius 2 is 0.648 bits per heavy atom. The molecule has 13 rings (SSSR count). The van der Waals surface area contributed by atoms with Gasteiger partial charge in [0, 0.05) is 0 Å². The van der Waals surface area contributed by atoms with Crippen LogP contribution in [0.5, 0.6) is 0 Å². The van der Waals surface area contributed by atoms with Crippen molar-refractivity contribution in [3.05, 3.63) is 343 Å². The minimum atomic E-state index is 0.285. The predicted molar refractivity (Wildman–Crippen MR) is 389 cm³/mol. The zero-order valence-corrected chi connectivity index (χ0v) is 56.3. The number of hydrogen-bond donors (Lipinski definition) is 0. The molecule has 0 spiro atoms. The molecular weight excluding hydrogens is 1060 g/mol. The van der Waals surface area contributed by atoms with Gasteiger partial charge in [0.25, 0.3) is 0 Å². The van der Waals surface area contributed by atoms with Crippen LogP contribution in [0.3, 0.4) is 0 Å². The third-order valence-electron chi connectivity index (χ3n) is 16.5. The summed E-state index contributed by atoms with van der Waals surface area (Å²) < 4.78 is 0.